The Kier molecular flexibility index (Phi) is 5.42. The summed E-state index contributed by atoms with van der Waals surface area (Å²) >= 11 is 0. The normalized spacial score (nSPS) is 15.0. The summed E-state index contributed by atoms with van der Waals surface area (Å²) in [6.45, 7) is 9.12. The van der Waals surface area contributed by atoms with E-state index < -0.39 is 0 Å². The lowest BCUT2D eigenvalue weighted by Gasteiger charge is -2.20. The van der Waals surface area contributed by atoms with Gasteiger partial charge in [-0.15, -0.1) is 0 Å². The SMILES string of the molecule is CC.Cc1ccc(-c2cn(C)c([C@@H](C)N3CCOC3=O)n2)cc1. The predicted molar refractivity (Wildman–Crippen MR) is 91.2 cm³/mol. The minimum absolute atomic E-state index is 0.0933. The number of aryl methyl sites for hydroxylation is 2. The maximum absolute atomic E-state index is 11.7. The molecule has 0 aliphatic carbocycles. The van der Waals surface area contributed by atoms with Gasteiger partial charge in [-0.2, -0.15) is 0 Å². The highest BCUT2D eigenvalue weighted by Gasteiger charge is 2.30. The molecule has 0 bridgehead atoms. The molecule has 2 aromatic rings. The number of carbonyl (C=O) groups is 1. The van der Waals surface area contributed by atoms with E-state index in [4.69, 9.17) is 9.72 Å². The number of aromatic nitrogens is 2. The molecule has 1 aromatic carbocycles. The number of benzene rings is 1. The average Bonchev–Trinajstić information content (AvgIpc) is 3.15. The fourth-order valence-electron chi connectivity index (χ4n) is 2.63. The van der Waals surface area contributed by atoms with Crippen molar-refractivity contribution in [2.75, 3.05) is 13.2 Å². The van der Waals surface area contributed by atoms with E-state index in [2.05, 4.69) is 31.2 Å². The number of ether oxygens (including phenoxy) is 1. The van der Waals surface area contributed by atoms with Crippen LogP contribution >= 0.6 is 0 Å². The zero-order chi connectivity index (χ0) is 17.0. The van der Waals surface area contributed by atoms with Gasteiger partial charge in [0.05, 0.1) is 18.3 Å². The Hall–Kier alpha value is -2.30. The summed E-state index contributed by atoms with van der Waals surface area (Å²) in [4.78, 5) is 18.1. The second kappa shape index (κ2) is 7.31. The summed E-state index contributed by atoms with van der Waals surface area (Å²) in [6, 6.07) is 8.19. The summed E-state index contributed by atoms with van der Waals surface area (Å²) in [5.41, 5.74) is 3.23. The first-order valence-corrected chi connectivity index (χ1v) is 8.10. The Morgan fingerprint density at radius 1 is 1.22 bits per heavy atom. The number of rotatable bonds is 3. The molecule has 1 aromatic heterocycles. The molecule has 0 spiro atoms. The smallest absolute Gasteiger partial charge is 0.410 e. The van der Waals surface area contributed by atoms with Gasteiger partial charge in [0, 0.05) is 18.8 Å². The maximum atomic E-state index is 11.7. The molecule has 1 aliphatic heterocycles. The predicted octanol–water partition coefficient (Wildman–Crippen LogP) is 3.93. The Balaban J connectivity index is 0.000000924. The van der Waals surface area contributed by atoms with Crippen LogP contribution in [0.15, 0.2) is 30.5 Å². The Bertz CT molecular complexity index is 661. The Morgan fingerprint density at radius 3 is 2.43 bits per heavy atom. The van der Waals surface area contributed by atoms with Gasteiger partial charge in [-0.3, -0.25) is 4.90 Å². The number of hydrogen-bond donors (Lipinski definition) is 0. The standard InChI is InChI=1S/C16H19N3O2.C2H6/c1-11-4-6-13(7-5-11)14-10-18(3)15(17-14)12(2)19-8-9-21-16(19)20;1-2/h4-7,10,12H,8-9H2,1-3H3;1-2H3/t12-;/m1./s1. The van der Waals surface area contributed by atoms with Gasteiger partial charge in [-0.1, -0.05) is 43.7 Å². The maximum Gasteiger partial charge on any atom is 0.410 e. The lowest BCUT2D eigenvalue weighted by atomic mass is 10.1. The molecule has 3 rings (SSSR count). The Morgan fingerprint density at radius 2 is 1.87 bits per heavy atom. The second-order valence-electron chi connectivity index (χ2n) is 5.45. The molecule has 2 heterocycles. The first-order chi connectivity index (χ1) is 11.1. The van der Waals surface area contributed by atoms with Crippen molar-refractivity contribution in [3.63, 3.8) is 0 Å². The van der Waals surface area contributed by atoms with Gasteiger partial charge in [-0.05, 0) is 13.8 Å². The quantitative estimate of drug-likeness (QED) is 0.862. The van der Waals surface area contributed by atoms with Crippen LogP contribution in [0.5, 0.6) is 0 Å². The molecule has 1 aliphatic rings. The number of imidazole rings is 1. The summed E-state index contributed by atoms with van der Waals surface area (Å²) in [5, 5.41) is 0. The molecule has 1 saturated heterocycles. The van der Waals surface area contributed by atoms with Crippen molar-refractivity contribution in [2.24, 2.45) is 7.05 Å². The highest BCUT2D eigenvalue weighted by molar-refractivity contribution is 5.70. The molecule has 5 nitrogen and oxygen atoms in total. The highest BCUT2D eigenvalue weighted by Crippen LogP contribution is 2.26. The van der Waals surface area contributed by atoms with Gasteiger partial charge in [0.2, 0.25) is 0 Å². The summed E-state index contributed by atoms with van der Waals surface area (Å²) in [5.74, 6) is 0.865. The molecule has 1 atom stereocenters. The first kappa shape index (κ1) is 17.1. The van der Waals surface area contributed by atoms with Crippen molar-refractivity contribution >= 4 is 6.09 Å². The molecule has 124 valence electrons. The molecule has 5 heteroatoms. The molecule has 0 saturated carbocycles. The minimum atomic E-state index is -0.262. The minimum Gasteiger partial charge on any atom is -0.448 e. The second-order valence-corrected chi connectivity index (χ2v) is 5.45. The van der Waals surface area contributed by atoms with Crippen LogP contribution in [0.3, 0.4) is 0 Å². The van der Waals surface area contributed by atoms with E-state index in [1.54, 1.807) is 4.90 Å². The largest absolute Gasteiger partial charge is 0.448 e. The molecule has 0 radical (unpaired) electrons. The number of nitrogens with zero attached hydrogens (tertiary/aromatic N) is 3. The molecular weight excluding hydrogens is 290 g/mol. The zero-order valence-electron chi connectivity index (χ0n) is 14.5. The first-order valence-electron chi connectivity index (χ1n) is 8.10. The van der Waals surface area contributed by atoms with E-state index in [-0.39, 0.29) is 12.1 Å². The third-order valence-electron chi connectivity index (χ3n) is 3.89. The number of amides is 1. The molecule has 0 N–H and O–H groups in total. The molecule has 0 unspecified atom stereocenters. The van der Waals surface area contributed by atoms with Gasteiger partial charge in [0.25, 0.3) is 0 Å². The van der Waals surface area contributed by atoms with Crippen LogP contribution in [0.25, 0.3) is 11.3 Å². The molecular formula is C18H25N3O2. The summed E-state index contributed by atoms with van der Waals surface area (Å²) in [7, 11) is 1.96. The molecule has 1 amide bonds. The molecule has 23 heavy (non-hydrogen) atoms. The Labute approximate surface area is 137 Å². The number of cyclic esters (lactones) is 1. The van der Waals surface area contributed by atoms with E-state index in [1.807, 2.05) is 38.6 Å². The van der Waals surface area contributed by atoms with Gasteiger partial charge in [0.1, 0.15) is 12.4 Å². The zero-order valence-corrected chi connectivity index (χ0v) is 14.5. The van der Waals surface area contributed by atoms with E-state index in [0.29, 0.717) is 13.2 Å². The van der Waals surface area contributed by atoms with Gasteiger partial charge >= 0.3 is 6.09 Å². The molecule has 1 fully saturated rings. The van der Waals surface area contributed by atoms with E-state index in [0.717, 1.165) is 17.1 Å². The van der Waals surface area contributed by atoms with Gasteiger partial charge in [-0.25, -0.2) is 9.78 Å². The third kappa shape index (κ3) is 3.55. The monoisotopic (exact) mass is 315 g/mol. The van der Waals surface area contributed by atoms with E-state index in [9.17, 15) is 4.79 Å². The lowest BCUT2D eigenvalue weighted by Crippen LogP contribution is -2.29. The van der Waals surface area contributed by atoms with Crippen LogP contribution in [0.4, 0.5) is 4.79 Å². The van der Waals surface area contributed by atoms with Crippen LogP contribution < -0.4 is 0 Å². The van der Waals surface area contributed by atoms with Gasteiger partial charge in [0.15, 0.2) is 0 Å². The topological polar surface area (TPSA) is 47.4 Å². The number of carbonyl (C=O) groups excluding carboxylic acids is 1. The van der Waals surface area contributed by atoms with Crippen LogP contribution in [0, 0.1) is 6.92 Å². The summed E-state index contributed by atoms with van der Waals surface area (Å²) < 4.78 is 6.98. The van der Waals surface area contributed by atoms with Crippen LogP contribution in [-0.4, -0.2) is 33.7 Å². The van der Waals surface area contributed by atoms with Crippen LogP contribution in [-0.2, 0) is 11.8 Å². The van der Waals surface area contributed by atoms with Gasteiger partial charge < -0.3 is 9.30 Å². The summed E-state index contributed by atoms with van der Waals surface area (Å²) in [6.07, 6.45) is 1.74. The van der Waals surface area contributed by atoms with E-state index >= 15 is 0 Å². The van der Waals surface area contributed by atoms with Crippen LogP contribution in [0.1, 0.15) is 38.2 Å². The number of hydrogen-bond acceptors (Lipinski definition) is 3. The van der Waals surface area contributed by atoms with Crippen molar-refractivity contribution in [1.82, 2.24) is 14.5 Å². The highest BCUT2D eigenvalue weighted by atomic mass is 16.6. The fraction of sp³-hybridized carbons (Fsp3) is 0.444. The van der Waals surface area contributed by atoms with Crippen molar-refractivity contribution in [2.45, 2.75) is 33.7 Å². The van der Waals surface area contributed by atoms with Crippen molar-refractivity contribution in [1.29, 1.82) is 0 Å². The average molecular weight is 315 g/mol. The van der Waals surface area contributed by atoms with Crippen LogP contribution in [0.2, 0.25) is 0 Å². The van der Waals surface area contributed by atoms with Crippen molar-refractivity contribution in [3.05, 3.63) is 41.9 Å². The van der Waals surface area contributed by atoms with E-state index in [1.165, 1.54) is 5.56 Å². The fourth-order valence-corrected chi connectivity index (χ4v) is 2.63. The lowest BCUT2D eigenvalue weighted by molar-refractivity contribution is 0.148. The third-order valence-corrected chi connectivity index (χ3v) is 3.89. The van der Waals surface area contributed by atoms with Crippen molar-refractivity contribution in [3.8, 4) is 11.3 Å². The van der Waals surface area contributed by atoms with Crippen molar-refractivity contribution < 1.29 is 9.53 Å².